The molecule has 1 aliphatic rings. The molecule has 0 saturated heterocycles. The Hall–Kier alpha value is -8.15. The zero-order valence-corrected chi connectivity index (χ0v) is 32.4. The van der Waals surface area contributed by atoms with Crippen LogP contribution in [0.3, 0.4) is 0 Å². The number of benzene rings is 9. The van der Waals surface area contributed by atoms with Crippen molar-refractivity contribution in [2.24, 2.45) is 0 Å². The van der Waals surface area contributed by atoms with Crippen molar-refractivity contribution in [2.75, 3.05) is 4.90 Å². The van der Waals surface area contributed by atoms with E-state index >= 15 is 0 Å². The Morgan fingerprint density at radius 2 is 0.900 bits per heavy atom. The highest BCUT2D eigenvalue weighted by molar-refractivity contribution is 6.23. The van der Waals surface area contributed by atoms with Crippen LogP contribution in [-0.4, -0.2) is 19.5 Å². The predicted molar refractivity (Wildman–Crippen MR) is 247 cm³/mol. The Balaban J connectivity index is 1.04. The van der Waals surface area contributed by atoms with Crippen LogP contribution in [0, 0.1) is 0 Å². The molecule has 2 aromatic heterocycles. The van der Waals surface area contributed by atoms with Gasteiger partial charge in [0.25, 0.3) is 0 Å². The number of nitrogens with zero attached hydrogens (tertiary/aromatic N) is 5. The summed E-state index contributed by atoms with van der Waals surface area (Å²) in [6, 6.07) is 75.2. The predicted octanol–water partition coefficient (Wildman–Crippen LogP) is 14.2. The summed E-state index contributed by atoms with van der Waals surface area (Å²) in [6.07, 6.45) is 0. The van der Waals surface area contributed by atoms with Crippen molar-refractivity contribution in [3.63, 3.8) is 0 Å². The van der Waals surface area contributed by atoms with Crippen molar-refractivity contribution >= 4 is 49.6 Å². The van der Waals surface area contributed by atoms with Gasteiger partial charge in [-0.1, -0.05) is 164 Å². The Morgan fingerprint density at radius 1 is 0.350 bits per heavy atom. The second-order valence-electron chi connectivity index (χ2n) is 15.2. The Morgan fingerprint density at radius 3 is 1.63 bits per heavy atom. The fourth-order valence-corrected chi connectivity index (χ4v) is 9.07. The highest BCUT2D eigenvalue weighted by Gasteiger charge is 2.30. The number of aromatic nitrogens is 4. The van der Waals surface area contributed by atoms with Gasteiger partial charge in [-0.05, 0) is 70.6 Å². The van der Waals surface area contributed by atoms with Crippen molar-refractivity contribution in [1.82, 2.24) is 19.5 Å². The van der Waals surface area contributed by atoms with Crippen molar-refractivity contribution < 1.29 is 0 Å². The van der Waals surface area contributed by atoms with Gasteiger partial charge >= 0.3 is 0 Å². The van der Waals surface area contributed by atoms with Gasteiger partial charge < -0.3 is 9.47 Å². The van der Waals surface area contributed by atoms with Gasteiger partial charge in [-0.3, -0.25) is 0 Å². The van der Waals surface area contributed by atoms with Gasteiger partial charge in [-0.15, -0.1) is 0 Å². The van der Waals surface area contributed by atoms with Gasteiger partial charge in [-0.25, -0.2) is 15.0 Å². The summed E-state index contributed by atoms with van der Waals surface area (Å²) < 4.78 is 2.45. The number of hydrogen-bond donors (Lipinski definition) is 0. The van der Waals surface area contributed by atoms with Crippen molar-refractivity contribution in [2.45, 2.75) is 0 Å². The SMILES string of the molecule is c1ccc(-c2nc(-c3ccccc3)nc(-c3cccc(-c4cccc(N5c6ccc7c8ccccc8n(-c8ccccc8)c7c6-c6cccc7cccc5c67)c4)c3)n2)cc1. The molecular weight excluding hydrogens is 731 g/mol. The summed E-state index contributed by atoms with van der Waals surface area (Å²) in [5.74, 6) is 1.92. The maximum absolute atomic E-state index is 5.03. The third-order valence-electron chi connectivity index (χ3n) is 11.7. The normalized spacial score (nSPS) is 12.0. The van der Waals surface area contributed by atoms with E-state index in [9.17, 15) is 0 Å². The van der Waals surface area contributed by atoms with E-state index in [-0.39, 0.29) is 0 Å². The summed E-state index contributed by atoms with van der Waals surface area (Å²) in [5, 5.41) is 4.93. The standard InChI is InChI=1S/C55H35N5/c1-4-16-37(17-5-1)53-56-54(38-18-6-2-7-19-38)58-55(57-53)41-24-12-22-39(34-41)40-23-13-27-43(35-40)59-48-31-15-21-36-20-14-29-46(50(36)48)51-49(59)33-32-45-44-28-10-11-30-47(44)60(52(45)51)42-25-8-3-9-26-42/h1-35H. The van der Waals surface area contributed by atoms with E-state index in [1.165, 1.54) is 43.7 Å². The highest BCUT2D eigenvalue weighted by Crippen LogP contribution is 2.54. The fourth-order valence-electron chi connectivity index (χ4n) is 9.07. The Labute approximate surface area is 347 Å². The molecule has 0 N–H and O–H groups in total. The monoisotopic (exact) mass is 765 g/mol. The van der Waals surface area contributed by atoms with Crippen LogP contribution < -0.4 is 4.90 Å². The van der Waals surface area contributed by atoms with Crippen molar-refractivity contribution in [3.05, 3.63) is 212 Å². The number of anilines is 3. The average Bonchev–Trinajstić information content (AvgIpc) is 3.67. The molecule has 1 aliphatic heterocycles. The second kappa shape index (κ2) is 13.8. The van der Waals surface area contributed by atoms with Crippen LogP contribution in [0.4, 0.5) is 17.1 Å². The molecule has 0 spiro atoms. The molecule has 5 nitrogen and oxygen atoms in total. The molecular formula is C55H35N5. The van der Waals surface area contributed by atoms with Crippen molar-refractivity contribution in [1.29, 1.82) is 0 Å². The first-order chi connectivity index (χ1) is 29.8. The lowest BCUT2D eigenvalue weighted by Gasteiger charge is -2.34. The molecule has 0 saturated carbocycles. The van der Waals surface area contributed by atoms with Crippen LogP contribution in [-0.2, 0) is 0 Å². The lowest BCUT2D eigenvalue weighted by molar-refractivity contribution is 1.07. The maximum Gasteiger partial charge on any atom is 0.164 e. The van der Waals surface area contributed by atoms with Gasteiger partial charge in [0.15, 0.2) is 17.5 Å². The first-order valence-corrected chi connectivity index (χ1v) is 20.3. The summed E-state index contributed by atoms with van der Waals surface area (Å²) in [5.41, 5.74) is 14.4. The minimum absolute atomic E-state index is 0.631. The lowest BCUT2D eigenvalue weighted by Crippen LogP contribution is -2.15. The van der Waals surface area contributed by atoms with Gasteiger partial charge in [0, 0.05) is 49.8 Å². The first-order valence-electron chi connectivity index (χ1n) is 20.3. The first kappa shape index (κ1) is 33.9. The lowest BCUT2D eigenvalue weighted by atomic mass is 9.89. The van der Waals surface area contributed by atoms with Gasteiger partial charge in [-0.2, -0.15) is 0 Å². The van der Waals surface area contributed by atoms with Gasteiger partial charge in [0.2, 0.25) is 0 Å². The molecule has 3 heterocycles. The topological polar surface area (TPSA) is 46.8 Å². The van der Waals surface area contributed by atoms with Gasteiger partial charge in [0.05, 0.1) is 22.4 Å². The van der Waals surface area contributed by atoms with E-state index in [4.69, 9.17) is 15.0 Å². The molecule has 0 atom stereocenters. The van der Waals surface area contributed by atoms with Gasteiger partial charge in [0.1, 0.15) is 0 Å². The minimum atomic E-state index is 0.631. The Kier molecular flexibility index (Phi) is 7.78. The van der Waals surface area contributed by atoms with Crippen LogP contribution in [0.2, 0.25) is 0 Å². The molecule has 9 aromatic carbocycles. The molecule has 60 heavy (non-hydrogen) atoms. The maximum atomic E-state index is 5.03. The summed E-state index contributed by atoms with van der Waals surface area (Å²) in [7, 11) is 0. The van der Waals surface area contributed by atoms with Crippen LogP contribution in [0.1, 0.15) is 0 Å². The quantitative estimate of drug-likeness (QED) is 0.169. The molecule has 0 radical (unpaired) electrons. The van der Waals surface area contributed by atoms with E-state index < -0.39 is 0 Å². The second-order valence-corrected chi connectivity index (χ2v) is 15.2. The molecule has 12 rings (SSSR count). The number of fused-ring (bicyclic) bond motifs is 6. The number of para-hydroxylation sites is 2. The molecule has 0 unspecified atom stereocenters. The molecule has 280 valence electrons. The van der Waals surface area contributed by atoms with Crippen LogP contribution in [0.5, 0.6) is 0 Å². The molecule has 0 amide bonds. The minimum Gasteiger partial charge on any atom is -0.309 e. The largest absolute Gasteiger partial charge is 0.309 e. The van der Waals surface area contributed by atoms with E-state index in [2.05, 4.69) is 161 Å². The van der Waals surface area contributed by atoms with Crippen LogP contribution >= 0.6 is 0 Å². The molecule has 5 heteroatoms. The van der Waals surface area contributed by atoms with Crippen LogP contribution in [0.15, 0.2) is 212 Å². The highest BCUT2D eigenvalue weighted by atomic mass is 15.2. The van der Waals surface area contributed by atoms with E-state index in [1.54, 1.807) is 0 Å². The fraction of sp³-hybridized carbons (Fsp3) is 0. The van der Waals surface area contributed by atoms with E-state index in [1.807, 2.05) is 60.7 Å². The summed E-state index contributed by atoms with van der Waals surface area (Å²) in [4.78, 5) is 17.4. The third kappa shape index (κ3) is 5.44. The average molecular weight is 766 g/mol. The molecule has 0 bridgehead atoms. The third-order valence-corrected chi connectivity index (χ3v) is 11.7. The zero-order chi connectivity index (χ0) is 39.6. The van der Waals surface area contributed by atoms with E-state index in [0.717, 1.165) is 50.6 Å². The van der Waals surface area contributed by atoms with Crippen LogP contribution in [0.25, 0.3) is 94.7 Å². The molecule has 0 aliphatic carbocycles. The molecule has 11 aromatic rings. The van der Waals surface area contributed by atoms with Crippen molar-refractivity contribution in [3.8, 4) is 62.1 Å². The zero-order valence-electron chi connectivity index (χ0n) is 32.4. The Bertz CT molecular complexity index is 3370. The van der Waals surface area contributed by atoms with E-state index in [0.29, 0.717) is 17.5 Å². The smallest absolute Gasteiger partial charge is 0.164 e. The summed E-state index contributed by atoms with van der Waals surface area (Å²) in [6.45, 7) is 0. The number of rotatable bonds is 6. The molecule has 0 fully saturated rings. The number of hydrogen-bond acceptors (Lipinski definition) is 4. The summed E-state index contributed by atoms with van der Waals surface area (Å²) >= 11 is 0.